The van der Waals surface area contributed by atoms with Gasteiger partial charge in [-0.25, -0.2) is 0 Å². The van der Waals surface area contributed by atoms with Crippen molar-refractivity contribution in [3.05, 3.63) is 47.5 Å². The highest BCUT2D eigenvalue weighted by atomic mass is 35.5. The number of carbonyl (C=O) groups is 1. The molecule has 1 unspecified atom stereocenters. The lowest BCUT2D eigenvalue weighted by Crippen LogP contribution is -2.26. The number of rotatable bonds is 5. The van der Waals surface area contributed by atoms with Crippen LogP contribution in [0.2, 0.25) is 0 Å². The lowest BCUT2D eigenvalue weighted by molar-refractivity contribution is -0.114. The molecule has 0 aromatic heterocycles. The molecule has 0 aliphatic rings. The highest BCUT2D eigenvalue weighted by Gasteiger charge is 2.07. The van der Waals surface area contributed by atoms with Gasteiger partial charge in [0.05, 0.1) is 0 Å². The monoisotopic (exact) mass is 296 g/mol. The Balaban J connectivity index is 0.000000388. The average Bonchev–Trinajstić information content (AvgIpc) is 2.45. The maximum atomic E-state index is 10.7. The van der Waals surface area contributed by atoms with Gasteiger partial charge in [-0.1, -0.05) is 43.3 Å². The van der Waals surface area contributed by atoms with E-state index in [1.165, 1.54) is 5.56 Å². The first-order chi connectivity index (χ1) is 9.42. The third-order valence-corrected chi connectivity index (χ3v) is 3.22. The largest absolute Gasteiger partial charge is 0.366 e. The Hall–Kier alpha value is -1.32. The molecule has 1 atom stereocenters. The summed E-state index contributed by atoms with van der Waals surface area (Å²) in [5.74, 6) is 0.274. The predicted molar refractivity (Wildman–Crippen MR) is 86.7 cm³/mol. The highest BCUT2D eigenvalue weighted by Crippen LogP contribution is 2.04. The number of likely N-dealkylation sites (N-methyl/N-ethyl adjacent to an activating group) is 1. The normalized spacial score (nSPS) is 12.6. The van der Waals surface area contributed by atoms with Crippen molar-refractivity contribution in [2.45, 2.75) is 32.2 Å². The second-order valence-electron chi connectivity index (χ2n) is 4.77. The molecular weight excluding hydrogens is 272 g/mol. The topological polar surface area (TPSA) is 46.3 Å². The Morgan fingerprint density at radius 2 is 1.90 bits per heavy atom. The zero-order valence-corrected chi connectivity index (χ0v) is 13.5. The number of primary amides is 1. The van der Waals surface area contributed by atoms with Crippen LogP contribution in [0.4, 0.5) is 0 Å². The third kappa shape index (κ3) is 7.97. The molecule has 0 aliphatic carbocycles. The van der Waals surface area contributed by atoms with Gasteiger partial charge < -0.3 is 10.6 Å². The minimum Gasteiger partial charge on any atom is -0.366 e. The Kier molecular flexibility index (Phi) is 9.77. The van der Waals surface area contributed by atoms with Crippen LogP contribution in [-0.2, 0) is 10.7 Å². The molecule has 0 fully saturated rings. The Bertz CT molecular complexity index is 416. The SMILES string of the molecule is CCC(C=C(C)C(N)=O)N(C)C.ClCc1ccccc1. The second kappa shape index (κ2) is 10.5. The van der Waals surface area contributed by atoms with Crippen molar-refractivity contribution in [2.24, 2.45) is 5.73 Å². The van der Waals surface area contributed by atoms with E-state index in [-0.39, 0.29) is 5.91 Å². The molecule has 0 saturated carbocycles. The van der Waals surface area contributed by atoms with Gasteiger partial charge in [0.25, 0.3) is 0 Å². The van der Waals surface area contributed by atoms with Crippen LogP contribution >= 0.6 is 11.6 Å². The zero-order valence-electron chi connectivity index (χ0n) is 12.8. The van der Waals surface area contributed by atoms with Crippen molar-refractivity contribution in [3.63, 3.8) is 0 Å². The van der Waals surface area contributed by atoms with E-state index < -0.39 is 0 Å². The first-order valence-electron chi connectivity index (χ1n) is 6.66. The molecule has 1 rings (SSSR count). The number of nitrogens with zero attached hydrogens (tertiary/aromatic N) is 1. The summed E-state index contributed by atoms with van der Waals surface area (Å²) in [5.41, 5.74) is 6.92. The predicted octanol–water partition coefficient (Wildman–Crippen LogP) is 3.18. The summed E-state index contributed by atoms with van der Waals surface area (Å²) >= 11 is 5.53. The summed E-state index contributed by atoms with van der Waals surface area (Å²) in [5, 5.41) is 0. The van der Waals surface area contributed by atoms with E-state index in [0.717, 1.165) is 6.42 Å². The molecule has 0 aliphatic heterocycles. The molecule has 0 saturated heterocycles. The molecule has 0 spiro atoms. The van der Waals surface area contributed by atoms with Crippen LogP contribution in [0.1, 0.15) is 25.8 Å². The van der Waals surface area contributed by atoms with Crippen LogP contribution in [0, 0.1) is 0 Å². The van der Waals surface area contributed by atoms with Crippen molar-refractivity contribution in [2.75, 3.05) is 14.1 Å². The fourth-order valence-electron chi connectivity index (χ4n) is 1.57. The summed E-state index contributed by atoms with van der Waals surface area (Å²) < 4.78 is 0. The molecule has 2 N–H and O–H groups in total. The fraction of sp³-hybridized carbons (Fsp3) is 0.438. The van der Waals surface area contributed by atoms with Gasteiger partial charge in [0.1, 0.15) is 0 Å². The van der Waals surface area contributed by atoms with Gasteiger partial charge in [-0.3, -0.25) is 4.79 Å². The van der Waals surface area contributed by atoms with Gasteiger partial charge in [-0.2, -0.15) is 0 Å². The molecule has 112 valence electrons. The van der Waals surface area contributed by atoms with E-state index in [1.807, 2.05) is 50.5 Å². The van der Waals surface area contributed by atoms with E-state index in [9.17, 15) is 4.79 Å². The first kappa shape index (κ1) is 18.7. The molecule has 0 heterocycles. The summed E-state index contributed by atoms with van der Waals surface area (Å²) in [7, 11) is 3.97. The summed E-state index contributed by atoms with van der Waals surface area (Å²) in [4.78, 5) is 12.8. The van der Waals surface area contributed by atoms with Crippen molar-refractivity contribution < 1.29 is 4.79 Å². The number of benzene rings is 1. The van der Waals surface area contributed by atoms with E-state index in [0.29, 0.717) is 17.5 Å². The maximum absolute atomic E-state index is 10.7. The zero-order chi connectivity index (χ0) is 15.5. The quantitative estimate of drug-likeness (QED) is 0.670. The standard InChI is InChI=1S/C9H18N2O.C7H7Cl/c1-5-8(11(3)4)6-7(2)9(10)12;8-6-7-4-2-1-3-5-7/h6,8H,5H2,1-4H3,(H2,10,12);1-5H,6H2. The minimum atomic E-state index is -0.338. The van der Waals surface area contributed by atoms with Crippen LogP contribution in [0.3, 0.4) is 0 Å². The van der Waals surface area contributed by atoms with Gasteiger partial charge in [0, 0.05) is 17.5 Å². The van der Waals surface area contributed by atoms with E-state index in [2.05, 4.69) is 11.8 Å². The van der Waals surface area contributed by atoms with Gasteiger partial charge in [0.15, 0.2) is 0 Å². The molecule has 3 nitrogen and oxygen atoms in total. The number of halogens is 1. The van der Waals surface area contributed by atoms with Gasteiger partial charge in [0.2, 0.25) is 5.91 Å². The molecular formula is C16H25ClN2O. The summed E-state index contributed by atoms with van der Waals surface area (Å²) in [6, 6.07) is 10.3. The number of hydrogen-bond acceptors (Lipinski definition) is 2. The molecule has 4 heteroatoms. The van der Waals surface area contributed by atoms with Crippen LogP contribution in [0.5, 0.6) is 0 Å². The van der Waals surface area contributed by atoms with Gasteiger partial charge in [-0.05, 0) is 33.0 Å². The second-order valence-corrected chi connectivity index (χ2v) is 5.04. The number of amides is 1. The Labute approximate surface area is 127 Å². The van der Waals surface area contributed by atoms with Crippen LogP contribution in [0.25, 0.3) is 0 Å². The molecule has 1 aromatic rings. The molecule has 1 aromatic carbocycles. The number of hydrogen-bond donors (Lipinski definition) is 1. The maximum Gasteiger partial charge on any atom is 0.244 e. The van der Waals surface area contributed by atoms with Gasteiger partial charge >= 0.3 is 0 Å². The van der Waals surface area contributed by atoms with E-state index >= 15 is 0 Å². The van der Waals surface area contributed by atoms with Crippen LogP contribution in [-0.4, -0.2) is 30.9 Å². The first-order valence-corrected chi connectivity index (χ1v) is 7.20. The minimum absolute atomic E-state index is 0.303. The van der Waals surface area contributed by atoms with E-state index in [4.69, 9.17) is 17.3 Å². The third-order valence-electron chi connectivity index (χ3n) is 2.91. The van der Waals surface area contributed by atoms with Crippen molar-refractivity contribution in [3.8, 4) is 0 Å². The molecule has 0 radical (unpaired) electrons. The van der Waals surface area contributed by atoms with Gasteiger partial charge in [-0.15, -0.1) is 11.6 Å². The molecule has 0 bridgehead atoms. The molecule has 1 amide bonds. The van der Waals surface area contributed by atoms with Crippen LogP contribution in [0.15, 0.2) is 42.0 Å². The van der Waals surface area contributed by atoms with Crippen molar-refractivity contribution >= 4 is 17.5 Å². The summed E-state index contributed by atoms with van der Waals surface area (Å²) in [6.07, 6.45) is 2.89. The Morgan fingerprint density at radius 1 is 1.35 bits per heavy atom. The fourth-order valence-corrected chi connectivity index (χ4v) is 1.75. The van der Waals surface area contributed by atoms with Crippen molar-refractivity contribution in [1.82, 2.24) is 4.90 Å². The lowest BCUT2D eigenvalue weighted by Gasteiger charge is -2.19. The number of carbonyl (C=O) groups excluding carboxylic acids is 1. The number of nitrogens with two attached hydrogens (primary N) is 1. The van der Waals surface area contributed by atoms with Crippen molar-refractivity contribution in [1.29, 1.82) is 0 Å². The smallest absolute Gasteiger partial charge is 0.244 e. The molecule has 20 heavy (non-hydrogen) atoms. The highest BCUT2D eigenvalue weighted by molar-refractivity contribution is 6.17. The van der Waals surface area contributed by atoms with E-state index in [1.54, 1.807) is 6.92 Å². The Morgan fingerprint density at radius 3 is 2.20 bits per heavy atom. The van der Waals surface area contributed by atoms with Crippen LogP contribution < -0.4 is 5.73 Å². The lowest BCUT2D eigenvalue weighted by atomic mass is 10.1. The summed E-state index contributed by atoms with van der Waals surface area (Å²) in [6.45, 7) is 3.82. The average molecular weight is 297 g/mol. The number of alkyl halides is 1.